The zero-order valence-electron chi connectivity index (χ0n) is 13.0. The van der Waals surface area contributed by atoms with Crippen LogP contribution in [0.1, 0.15) is 24.8 Å². The van der Waals surface area contributed by atoms with E-state index in [-0.39, 0.29) is 0 Å². The van der Waals surface area contributed by atoms with Crippen molar-refractivity contribution in [2.75, 3.05) is 25.0 Å². The number of piperidine rings is 1. The lowest BCUT2D eigenvalue weighted by Gasteiger charge is -2.32. The minimum Gasteiger partial charge on any atom is -0.370 e. The van der Waals surface area contributed by atoms with Crippen LogP contribution in [0.2, 0.25) is 0 Å². The molecule has 0 bridgehead atoms. The van der Waals surface area contributed by atoms with E-state index < -0.39 is 0 Å². The molecule has 1 aromatic carbocycles. The van der Waals surface area contributed by atoms with Gasteiger partial charge >= 0.3 is 0 Å². The van der Waals surface area contributed by atoms with E-state index in [0.29, 0.717) is 0 Å². The van der Waals surface area contributed by atoms with Crippen LogP contribution in [-0.2, 0) is 6.54 Å². The molecule has 1 fully saturated rings. The van der Waals surface area contributed by atoms with Gasteiger partial charge < -0.3 is 5.32 Å². The van der Waals surface area contributed by atoms with Gasteiger partial charge in [-0.3, -0.25) is 4.90 Å². The van der Waals surface area contributed by atoms with Crippen molar-refractivity contribution in [1.82, 2.24) is 14.9 Å². The molecule has 2 heterocycles. The second-order valence-electron chi connectivity index (χ2n) is 6.02. The predicted octanol–water partition coefficient (Wildman–Crippen LogP) is 3.19. The van der Waals surface area contributed by atoms with Crippen molar-refractivity contribution in [2.24, 2.45) is 5.92 Å². The highest BCUT2D eigenvalue weighted by Gasteiger charge is 2.18. The Kier molecular flexibility index (Phi) is 5.37. The lowest BCUT2D eigenvalue weighted by Crippen LogP contribution is -2.33. The average molecular weight is 296 g/mol. The summed E-state index contributed by atoms with van der Waals surface area (Å²) in [5.41, 5.74) is 1.42. The van der Waals surface area contributed by atoms with E-state index in [9.17, 15) is 0 Å². The van der Waals surface area contributed by atoms with E-state index in [2.05, 4.69) is 50.5 Å². The summed E-state index contributed by atoms with van der Waals surface area (Å²) in [5.74, 6) is 1.76. The smallest absolute Gasteiger partial charge is 0.129 e. The summed E-state index contributed by atoms with van der Waals surface area (Å²) in [6, 6.07) is 12.7. The number of hydrogen-bond acceptors (Lipinski definition) is 4. The molecule has 0 unspecified atom stereocenters. The molecule has 0 aliphatic carbocycles. The van der Waals surface area contributed by atoms with Crippen molar-refractivity contribution >= 4 is 5.82 Å². The standard InChI is InChI=1S/C18H24N4/c1-2-4-17(5-3-1)14-22-12-8-16(9-13-22)6-11-20-18-7-10-19-15-21-18/h1-5,7,10,15-16H,6,8-9,11-14H2,(H,19,20,21). The first-order valence-corrected chi connectivity index (χ1v) is 8.16. The van der Waals surface area contributed by atoms with Crippen molar-refractivity contribution in [1.29, 1.82) is 0 Å². The fraction of sp³-hybridized carbons (Fsp3) is 0.444. The zero-order valence-corrected chi connectivity index (χ0v) is 13.0. The Hall–Kier alpha value is -1.94. The molecule has 4 heteroatoms. The summed E-state index contributed by atoms with van der Waals surface area (Å²) in [4.78, 5) is 10.7. The Morgan fingerprint density at radius 1 is 1.09 bits per heavy atom. The monoisotopic (exact) mass is 296 g/mol. The highest BCUT2D eigenvalue weighted by Crippen LogP contribution is 2.21. The molecule has 2 aromatic rings. The number of nitrogens with one attached hydrogen (secondary N) is 1. The second-order valence-corrected chi connectivity index (χ2v) is 6.02. The maximum absolute atomic E-state index is 4.19. The first-order valence-electron chi connectivity index (χ1n) is 8.16. The van der Waals surface area contributed by atoms with Crippen LogP contribution in [0.5, 0.6) is 0 Å². The third-order valence-electron chi connectivity index (χ3n) is 4.40. The van der Waals surface area contributed by atoms with Crippen LogP contribution < -0.4 is 5.32 Å². The molecule has 0 spiro atoms. The molecule has 0 atom stereocenters. The van der Waals surface area contributed by atoms with Crippen molar-refractivity contribution in [3.63, 3.8) is 0 Å². The molecule has 1 saturated heterocycles. The number of benzene rings is 1. The maximum Gasteiger partial charge on any atom is 0.129 e. The zero-order chi connectivity index (χ0) is 15.0. The normalized spacial score (nSPS) is 16.5. The summed E-state index contributed by atoms with van der Waals surface area (Å²) in [7, 11) is 0. The fourth-order valence-corrected chi connectivity index (χ4v) is 3.07. The van der Waals surface area contributed by atoms with Crippen LogP contribution in [0.4, 0.5) is 5.82 Å². The highest BCUT2D eigenvalue weighted by molar-refractivity contribution is 5.31. The predicted molar refractivity (Wildman–Crippen MR) is 89.6 cm³/mol. The molecule has 3 rings (SSSR count). The van der Waals surface area contributed by atoms with Gasteiger partial charge in [-0.2, -0.15) is 0 Å². The molecule has 1 N–H and O–H groups in total. The number of rotatable bonds is 6. The topological polar surface area (TPSA) is 41.0 Å². The Morgan fingerprint density at radius 2 is 1.91 bits per heavy atom. The van der Waals surface area contributed by atoms with Crippen molar-refractivity contribution in [3.05, 3.63) is 54.5 Å². The molecule has 4 nitrogen and oxygen atoms in total. The van der Waals surface area contributed by atoms with Gasteiger partial charge in [-0.1, -0.05) is 30.3 Å². The van der Waals surface area contributed by atoms with Gasteiger partial charge in [0.25, 0.3) is 0 Å². The Labute approximate surface area is 132 Å². The molecule has 22 heavy (non-hydrogen) atoms. The van der Waals surface area contributed by atoms with E-state index in [4.69, 9.17) is 0 Å². The number of likely N-dealkylation sites (tertiary alicyclic amines) is 1. The first kappa shape index (κ1) is 15.0. The summed E-state index contributed by atoms with van der Waals surface area (Å²) in [5, 5.41) is 3.38. The van der Waals surface area contributed by atoms with E-state index in [1.165, 1.54) is 37.9 Å². The molecule has 1 aliphatic rings. The van der Waals surface area contributed by atoms with Gasteiger partial charge in [0.15, 0.2) is 0 Å². The van der Waals surface area contributed by atoms with Crippen LogP contribution >= 0.6 is 0 Å². The third kappa shape index (κ3) is 4.53. The van der Waals surface area contributed by atoms with Gasteiger partial charge in [-0.25, -0.2) is 9.97 Å². The molecular weight excluding hydrogens is 272 g/mol. The number of aromatic nitrogens is 2. The highest BCUT2D eigenvalue weighted by atomic mass is 15.1. The molecule has 0 amide bonds. The molecule has 0 radical (unpaired) electrons. The quantitative estimate of drug-likeness (QED) is 0.889. The molecular formula is C18H24N4. The van der Waals surface area contributed by atoms with Crippen molar-refractivity contribution < 1.29 is 0 Å². The number of hydrogen-bond donors (Lipinski definition) is 1. The molecule has 0 saturated carbocycles. The van der Waals surface area contributed by atoms with Crippen molar-refractivity contribution in [2.45, 2.75) is 25.8 Å². The van der Waals surface area contributed by atoms with E-state index in [1.54, 1.807) is 12.5 Å². The van der Waals surface area contributed by atoms with Gasteiger partial charge in [0.1, 0.15) is 12.1 Å². The SMILES string of the molecule is c1ccc(CN2CCC(CCNc3ccncn3)CC2)cc1. The number of nitrogens with zero attached hydrogens (tertiary/aromatic N) is 3. The van der Waals surface area contributed by atoms with Gasteiger partial charge in [0.05, 0.1) is 0 Å². The van der Waals surface area contributed by atoms with Gasteiger partial charge in [0.2, 0.25) is 0 Å². The summed E-state index contributed by atoms with van der Waals surface area (Å²) in [6.07, 6.45) is 7.20. The second kappa shape index (κ2) is 7.90. The van der Waals surface area contributed by atoms with Gasteiger partial charge in [0, 0.05) is 19.3 Å². The van der Waals surface area contributed by atoms with E-state index in [0.717, 1.165) is 24.8 Å². The lowest BCUT2D eigenvalue weighted by molar-refractivity contribution is 0.174. The number of anilines is 1. The van der Waals surface area contributed by atoms with E-state index >= 15 is 0 Å². The summed E-state index contributed by atoms with van der Waals surface area (Å²) >= 11 is 0. The van der Waals surface area contributed by atoms with Gasteiger partial charge in [-0.15, -0.1) is 0 Å². The molecule has 116 valence electrons. The Bertz CT molecular complexity index is 536. The van der Waals surface area contributed by atoms with Crippen molar-refractivity contribution in [3.8, 4) is 0 Å². The van der Waals surface area contributed by atoms with Crippen LogP contribution in [0.25, 0.3) is 0 Å². The third-order valence-corrected chi connectivity index (χ3v) is 4.40. The van der Waals surface area contributed by atoms with Crippen LogP contribution in [0.15, 0.2) is 48.9 Å². The summed E-state index contributed by atoms with van der Waals surface area (Å²) in [6.45, 7) is 4.52. The molecule has 1 aliphatic heterocycles. The molecule has 1 aromatic heterocycles. The largest absolute Gasteiger partial charge is 0.370 e. The van der Waals surface area contributed by atoms with Crippen LogP contribution in [0.3, 0.4) is 0 Å². The fourth-order valence-electron chi connectivity index (χ4n) is 3.07. The maximum atomic E-state index is 4.19. The van der Waals surface area contributed by atoms with Crippen LogP contribution in [-0.4, -0.2) is 34.5 Å². The van der Waals surface area contributed by atoms with Gasteiger partial charge in [-0.05, 0) is 49.9 Å². The van der Waals surface area contributed by atoms with Crippen LogP contribution in [0, 0.1) is 5.92 Å². The lowest BCUT2D eigenvalue weighted by atomic mass is 9.93. The average Bonchev–Trinajstić information content (AvgIpc) is 2.58. The van der Waals surface area contributed by atoms with E-state index in [1.807, 2.05) is 6.07 Å². The first-order chi connectivity index (χ1) is 10.9. The minimum absolute atomic E-state index is 0.835. The summed E-state index contributed by atoms with van der Waals surface area (Å²) < 4.78 is 0. The Morgan fingerprint density at radius 3 is 2.64 bits per heavy atom. The Balaban J connectivity index is 1.35. The minimum atomic E-state index is 0.835.